The first-order chi connectivity index (χ1) is 4.09. The van der Waals surface area contributed by atoms with Gasteiger partial charge in [-0.2, -0.15) is 0 Å². The number of hydrogen-bond acceptors (Lipinski definition) is 4. The predicted molar refractivity (Wildman–Crippen MR) is 29.7 cm³/mol. The average molecular weight is 132 g/mol. The molecule has 0 radical (unpaired) electrons. The van der Waals surface area contributed by atoms with Crippen molar-refractivity contribution in [3.8, 4) is 0 Å². The number of rotatable bonds is 3. The van der Waals surface area contributed by atoms with Crippen molar-refractivity contribution in [2.45, 2.75) is 6.04 Å². The quantitative estimate of drug-likeness (QED) is 0.382. The number of Topliss-reactive ketones (excluding diaryl/α,β-unsaturated/α-hetero) is 1. The largest absolute Gasteiger partial charge is 0.475 e. The van der Waals surface area contributed by atoms with E-state index in [4.69, 9.17) is 16.6 Å². The highest BCUT2D eigenvalue weighted by atomic mass is 16.4. The van der Waals surface area contributed by atoms with Gasteiger partial charge in [-0.25, -0.2) is 4.79 Å². The molecule has 0 aromatic carbocycles. The lowest BCUT2D eigenvalue weighted by atomic mass is 10.2. The van der Waals surface area contributed by atoms with Crippen molar-refractivity contribution >= 4 is 11.8 Å². The number of hydrogen-bond donors (Lipinski definition) is 3. The van der Waals surface area contributed by atoms with Gasteiger partial charge in [-0.1, -0.05) is 0 Å². The molecule has 0 spiro atoms. The fourth-order valence-electron chi connectivity index (χ4n) is 0.266. The summed E-state index contributed by atoms with van der Waals surface area (Å²) in [6, 6.07) is -1.07. The molecule has 0 saturated heterocycles. The van der Waals surface area contributed by atoms with Gasteiger partial charge in [-0.05, 0) is 0 Å². The van der Waals surface area contributed by atoms with Gasteiger partial charge < -0.3 is 16.6 Å². The molecule has 0 amide bonds. The molecule has 0 bridgehead atoms. The van der Waals surface area contributed by atoms with E-state index in [1.54, 1.807) is 0 Å². The average Bonchev–Trinajstić information content (AvgIpc) is 1.84. The Labute approximate surface area is 51.6 Å². The Morgan fingerprint density at radius 2 is 2.00 bits per heavy atom. The number of carbonyl (C=O) groups excluding carboxylic acids is 1. The molecular weight excluding hydrogens is 124 g/mol. The SMILES string of the molecule is NCC(N)C(=O)C(=O)O. The van der Waals surface area contributed by atoms with Crippen LogP contribution in [0.3, 0.4) is 0 Å². The van der Waals surface area contributed by atoms with Gasteiger partial charge in [0, 0.05) is 6.54 Å². The fraction of sp³-hybridized carbons (Fsp3) is 0.500. The van der Waals surface area contributed by atoms with E-state index in [-0.39, 0.29) is 6.54 Å². The molecule has 5 nitrogen and oxygen atoms in total. The second kappa shape index (κ2) is 3.16. The van der Waals surface area contributed by atoms with Crippen molar-refractivity contribution in [3.63, 3.8) is 0 Å². The summed E-state index contributed by atoms with van der Waals surface area (Å²) >= 11 is 0. The third kappa shape index (κ3) is 2.20. The van der Waals surface area contributed by atoms with Gasteiger partial charge in [0.1, 0.15) is 0 Å². The maximum atomic E-state index is 10.3. The lowest BCUT2D eigenvalue weighted by Gasteiger charge is -2.00. The molecule has 0 saturated carbocycles. The molecule has 0 aromatic rings. The van der Waals surface area contributed by atoms with E-state index in [1.807, 2.05) is 0 Å². The summed E-state index contributed by atoms with van der Waals surface area (Å²) in [5.41, 5.74) is 9.86. The molecule has 0 aliphatic heterocycles. The minimum atomic E-state index is -1.53. The third-order valence-electron chi connectivity index (χ3n) is 0.801. The molecule has 0 heterocycles. The lowest BCUT2D eigenvalue weighted by Crippen LogP contribution is -2.41. The summed E-state index contributed by atoms with van der Waals surface area (Å²) in [6.07, 6.45) is 0. The molecule has 0 aliphatic carbocycles. The van der Waals surface area contributed by atoms with Crippen LogP contribution < -0.4 is 11.5 Å². The first kappa shape index (κ1) is 8.06. The number of aliphatic carboxylic acids is 1. The Morgan fingerprint density at radius 1 is 1.56 bits per heavy atom. The minimum absolute atomic E-state index is 0.134. The van der Waals surface area contributed by atoms with E-state index in [2.05, 4.69) is 0 Å². The molecule has 5 N–H and O–H groups in total. The Morgan fingerprint density at radius 3 is 2.11 bits per heavy atom. The van der Waals surface area contributed by atoms with Crippen LogP contribution in [0.5, 0.6) is 0 Å². The second-order valence-corrected chi connectivity index (χ2v) is 1.51. The topological polar surface area (TPSA) is 106 Å². The Kier molecular flexibility index (Phi) is 2.83. The standard InChI is InChI=1S/C4H8N2O3/c5-1-2(6)3(7)4(8)9/h2H,1,5-6H2,(H,8,9). The van der Waals surface area contributed by atoms with E-state index in [9.17, 15) is 9.59 Å². The molecule has 5 heteroatoms. The number of carboxylic acids is 1. The van der Waals surface area contributed by atoms with Crippen LogP contribution in [0.1, 0.15) is 0 Å². The fourth-order valence-corrected chi connectivity index (χ4v) is 0.266. The smallest absolute Gasteiger partial charge is 0.373 e. The number of carboxylic acid groups (broad SMARTS) is 1. The highest BCUT2D eigenvalue weighted by Crippen LogP contribution is 1.77. The number of ketones is 1. The van der Waals surface area contributed by atoms with Crippen molar-refractivity contribution in [1.82, 2.24) is 0 Å². The van der Waals surface area contributed by atoms with E-state index >= 15 is 0 Å². The Hall–Kier alpha value is -0.940. The Bertz CT molecular complexity index is 134. The summed E-state index contributed by atoms with van der Waals surface area (Å²) in [7, 11) is 0. The Balaban J connectivity index is 3.88. The summed E-state index contributed by atoms with van der Waals surface area (Å²) in [6.45, 7) is -0.134. The zero-order valence-electron chi connectivity index (χ0n) is 4.70. The third-order valence-corrected chi connectivity index (χ3v) is 0.801. The number of carbonyl (C=O) groups is 2. The van der Waals surface area contributed by atoms with Crippen LogP contribution in [-0.2, 0) is 9.59 Å². The van der Waals surface area contributed by atoms with Crippen LogP contribution >= 0.6 is 0 Å². The van der Waals surface area contributed by atoms with Gasteiger partial charge in [0.2, 0.25) is 0 Å². The molecule has 0 fully saturated rings. The monoisotopic (exact) mass is 132 g/mol. The normalized spacial score (nSPS) is 12.7. The molecule has 52 valence electrons. The first-order valence-corrected chi connectivity index (χ1v) is 2.32. The van der Waals surface area contributed by atoms with Crippen molar-refractivity contribution in [1.29, 1.82) is 0 Å². The predicted octanol–water partition coefficient (Wildman–Crippen LogP) is -2.07. The summed E-state index contributed by atoms with van der Waals surface area (Å²) in [5.74, 6) is -2.58. The van der Waals surface area contributed by atoms with Crippen molar-refractivity contribution in [2.24, 2.45) is 11.5 Å². The molecule has 9 heavy (non-hydrogen) atoms. The van der Waals surface area contributed by atoms with Gasteiger partial charge in [-0.15, -0.1) is 0 Å². The molecule has 0 aliphatic rings. The van der Waals surface area contributed by atoms with E-state index in [0.717, 1.165) is 0 Å². The van der Waals surface area contributed by atoms with E-state index in [0.29, 0.717) is 0 Å². The van der Waals surface area contributed by atoms with Gasteiger partial charge >= 0.3 is 5.97 Å². The zero-order valence-corrected chi connectivity index (χ0v) is 4.70. The van der Waals surface area contributed by atoms with E-state index < -0.39 is 17.8 Å². The van der Waals surface area contributed by atoms with Gasteiger partial charge in [0.05, 0.1) is 6.04 Å². The first-order valence-electron chi connectivity index (χ1n) is 2.32. The van der Waals surface area contributed by atoms with Crippen LogP contribution in [0, 0.1) is 0 Å². The van der Waals surface area contributed by atoms with Crippen molar-refractivity contribution in [3.05, 3.63) is 0 Å². The van der Waals surface area contributed by atoms with Gasteiger partial charge in [0.15, 0.2) is 0 Å². The highest BCUT2D eigenvalue weighted by Gasteiger charge is 2.18. The molecule has 0 aromatic heterocycles. The summed E-state index contributed by atoms with van der Waals surface area (Å²) in [4.78, 5) is 20.1. The molecule has 1 atom stereocenters. The molecule has 1 unspecified atom stereocenters. The van der Waals surface area contributed by atoms with Crippen molar-refractivity contribution < 1.29 is 14.7 Å². The number of nitrogens with two attached hydrogens (primary N) is 2. The van der Waals surface area contributed by atoms with Crippen LogP contribution in [0.4, 0.5) is 0 Å². The second-order valence-electron chi connectivity index (χ2n) is 1.51. The molecular formula is C4H8N2O3. The zero-order chi connectivity index (χ0) is 7.44. The maximum absolute atomic E-state index is 10.3. The maximum Gasteiger partial charge on any atom is 0.373 e. The van der Waals surface area contributed by atoms with Crippen LogP contribution in [0.25, 0.3) is 0 Å². The molecule has 0 rings (SSSR count). The van der Waals surface area contributed by atoms with Gasteiger partial charge in [0.25, 0.3) is 5.78 Å². The van der Waals surface area contributed by atoms with Crippen LogP contribution in [-0.4, -0.2) is 29.4 Å². The van der Waals surface area contributed by atoms with Crippen molar-refractivity contribution in [2.75, 3.05) is 6.54 Å². The summed E-state index contributed by atoms with van der Waals surface area (Å²) in [5, 5.41) is 8.00. The van der Waals surface area contributed by atoms with Gasteiger partial charge in [-0.3, -0.25) is 4.79 Å². The summed E-state index contributed by atoms with van der Waals surface area (Å²) < 4.78 is 0. The van der Waals surface area contributed by atoms with Crippen LogP contribution in [0.15, 0.2) is 0 Å². The minimum Gasteiger partial charge on any atom is -0.475 e. The lowest BCUT2D eigenvalue weighted by molar-refractivity contribution is -0.149. The van der Waals surface area contributed by atoms with E-state index in [1.165, 1.54) is 0 Å². The highest BCUT2D eigenvalue weighted by molar-refractivity contribution is 6.34. The van der Waals surface area contributed by atoms with Crippen LogP contribution in [0.2, 0.25) is 0 Å².